The number of hydrogen-bond donors (Lipinski definition) is 1. The molecular formula is C15H23N5O. The van der Waals surface area contributed by atoms with Crippen molar-refractivity contribution in [2.75, 3.05) is 37.6 Å². The predicted molar refractivity (Wildman–Crippen MR) is 81.5 cm³/mol. The first kappa shape index (κ1) is 14.1. The molecule has 1 N–H and O–H groups in total. The van der Waals surface area contributed by atoms with Crippen LogP contribution < -0.4 is 10.2 Å². The number of piperazine rings is 1. The molecular weight excluding hydrogens is 266 g/mol. The molecule has 21 heavy (non-hydrogen) atoms. The summed E-state index contributed by atoms with van der Waals surface area (Å²) in [6.45, 7) is 5.95. The molecule has 1 aromatic rings. The quantitative estimate of drug-likeness (QED) is 0.908. The van der Waals surface area contributed by atoms with Crippen molar-refractivity contribution >= 4 is 11.8 Å². The van der Waals surface area contributed by atoms with E-state index in [0.717, 1.165) is 63.5 Å². The molecule has 0 unspecified atom stereocenters. The Hall–Kier alpha value is -1.85. The Kier molecular flexibility index (Phi) is 4.22. The molecule has 0 radical (unpaired) electrons. The van der Waals surface area contributed by atoms with E-state index >= 15 is 0 Å². The van der Waals surface area contributed by atoms with E-state index in [1.807, 2.05) is 4.90 Å². The normalized spacial score (nSPS) is 17.8. The molecule has 1 fully saturated rings. The fourth-order valence-electron chi connectivity index (χ4n) is 2.95. The van der Waals surface area contributed by atoms with Crippen LogP contribution in [0.1, 0.15) is 31.0 Å². The molecule has 2 aliphatic rings. The first-order valence-corrected chi connectivity index (χ1v) is 7.91. The molecule has 0 saturated carbocycles. The lowest BCUT2D eigenvalue weighted by molar-refractivity contribution is 0.194. The van der Waals surface area contributed by atoms with Crippen molar-refractivity contribution in [3.05, 3.63) is 17.3 Å². The summed E-state index contributed by atoms with van der Waals surface area (Å²) >= 11 is 0. The Bertz CT molecular complexity index is 511. The number of anilines is 1. The van der Waals surface area contributed by atoms with Gasteiger partial charge in [0.05, 0.1) is 5.69 Å². The number of aromatic nitrogens is 2. The molecule has 0 atom stereocenters. The van der Waals surface area contributed by atoms with Crippen molar-refractivity contribution in [3.63, 3.8) is 0 Å². The summed E-state index contributed by atoms with van der Waals surface area (Å²) in [4.78, 5) is 16.0. The molecule has 1 saturated heterocycles. The number of carbonyl (C=O) groups is 1. The third kappa shape index (κ3) is 3.09. The van der Waals surface area contributed by atoms with Crippen LogP contribution >= 0.6 is 0 Å². The summed E-state index contributed by atoms with van der Waals surface area (Å²) in [5.41, 5.74) is 2.51. The minimum Gasteiger partial charge on any atom is -0.352 e. The number of aryl methyl sites for hydroxylation is 2. The van der Waals surface area contributed by atoms with Gasteiger partial charge in [-0.3, -0.25) is 0 Å². The standard InChI is InChI=1S/C15H23N5O/c1-2-6-16-15(21)20-9-7-19(8-10-20)14-11-12-4-3-5-13(12)17-18-14/h11H,2-10H2,1H3,(H,16,21). The van der Waals surface area contributed by atoms with Crippen molar-refractivity contribution in [3.8, 4) is 0 Å². The lowest BCUT2D eigenvalue weighted by Gasteiger charge is -2.35. The van der Waals surface area contributed by atoms with E-state index in [1.165, 1.54) is 12.0 Å². The average molecular weight is 289 g/mol. The largest absolute Gasteiger partial charge is 0.352 e. The molecule has 0 bridgehead atoms. The molecule has 3 rings (SSSR count). The third-order valence-corrected chi connectivity index (χ3v) is 4.22. The van der Waals surface area contributed by atoms with Gasteiger partial charge in [0.2, 0.25) is 0 Å². The number of urea groups is 1. The van der Waals surface area contributed by atoms with Gasteiger partial charge in [-0.05, 0) is 37.3 Å². The van der Waals surface area contributed by atoms with E-state index in [1.54, 1.807) is 0 Å². The highest BCUT2D eigenvalue weighted by molar-refractivity contribution is 5.74. The average Bonchev–Trinajstić information content (AvgIpc) is 3.00. The van der Waals surface area contributed by atoms with Gasteiger partial charge in [-0.15, -0.1) is 5.10 Å². The van der Waals surface area contributed by atoms with Crippen molar-refractivity contribution in [2.45, 2.75) is 32.6 Å². The van der Waals surface area contributed by atoms with Crippen LogP contribution in [0.3, 0.4) is 0 Å². The highest BCUT2D eigenvalue weighted by Gasteiger charge is 2.23. The molecule has 0 spiro atoms. The van der Waals surface area contributed by atoms with Crippen LogP contribution in [-0.4, -0.2) is 53.9 Å². The number of hydrogen-bond acceptors (Lipinski definition) is 4. The van der Waals surface area contributed by atoms with Crippen LogP contribution in [0.25, 0.3) is 0 Å². The van der Waals surface area contributed by atoms with Crippen LogP contribution in [-0.2, 0) is 12.8 Å². The molecule has 1 aromatic heterocycles. The van der Waals surface area contributed by atoms with Crippen molar-refractivity contribution < 1.29 is 4.79 Å². The minimum atomic E-state index is 0.0523. The second-order valence-electron chi connectivity index (χ2n) is 5.73. The summed E-state index contributed by atoms with van der Waals surface area (Å²) in [6, 6.07) is 2.24. The van der Waals surface area contributed by atoms with Gasteiger partial charge in [-0.25, -0.2) is 4.79 Å². The van der Waals surface area contributed by atoms with Gasteiger partial charge < -0.3 is 15.1 Å². The molecule has 0 aromatic carbocycles. The number of amides is 2. The van der Waals surface area contributed by atoms with Gasteiger partial charge in [-0.1, -0.05) is 6.92 Å². The van der Waals surface area contributed by atoms with Crippen molar-refractivity contribution in [1.29, 1.82) is 0 Å². The number of rotatable bonds is 3. The highest BCUT2D eigenvalue weighted by atomic mass is 16.2. The van der Waals surface area contributed by atoms with Gasteiger partial charge in [0.15, 0.2) is 5.82 Å². The van der Waals surface area contributed by atoms with Crippen LogP contribution in [0, 0.1) is 0 Å². The van der Waals surface area contributed by atoms with Gasteiger partial charge in [0, 0.05) is 32.7 Å². The number of fused-ring (bicyclic) bond motifs is 1. The summed E-state index contributed by atoms with van der Waals surface area (Å²) < 4.78 is 0. The summed E-state index contributed by atoms with van der Waals surface area (Å²) in [5, 5.41) is 11.6. The fourth-order valence-corrected chi connectivity index (χ4v) is 2.95. The van der Waals surface area contributed by atoms with Crippen LogP contribution in [0.5, 0.6) is 0 Å². The van der Waals surface area contributed by atoms with Crippen LogP contribution in [0.15, 0.2) is 6.07 Å². The van der Waals surface area contributed by atoms with E-state index < -0.39 is 0 Å². The Morgan fingerprint density at radius 1 is 1.24 bits per heavy atom. The molecule has 1 aliphatic carbocycles. The van der Waals surface area contributed by atoms with Crippen LogP contribution in [0.4, 0.5) is 10.6 Å². The molecule has 6 nitrogen and oxygen atoms in total. The van der Waals surface area contributed by atoms with Gasteiger partial charge in [0.25, 0.3) is 0 Å². The SMILES string of the molecule is CCCNC(=O)N1CCN(c2cc3c(nn2)CCC3)CC1. The monoisotopic (exact) mass is 289 g/mol. The summed E-state index contributed by atoms with van der Waals surface area (Å²) in [7, 11) is 0. The van der Waals surface area contributed by atoms with Gasteiger partial charge >= 0.3 is 6.03 Å². The summed E-state index contributed by atoms with van der Waals surface area (Å²) in [5.74, 6) is 0.962. The Labute approximate surface area is 125 Å². The van der Waals surface area contributed by atoms with Gasteiger partial charge in [0.1, 0.15) is 0 Å². The molecule has 6 heteroatoms. The van der Waals surface area contributed by atoms with E-state index in [2.05, 4.69) is 33.4 Å². The second-order valence-corrected chi connectivity index (χ2v) is 5.73. The molecule has 2 amide bonds. The second kappa shape index (κ2) is 6.28. The molecule has 114 valence electrons. The first-order chi connectivity index (χ1) is 10.3. The van der Waals surface area contributed by atoms with Crippen molar-refractivity contribution in [1.82, 2.24) is 20.4 Å². The molecule has 2 heterocycles. The maximum Gasteiger partial charge on any atom is 0.317 e. The lowest BCUT2D eigenvalue weighted by atomic mass is 10.2. The topological polar surface area (TPSA) is 61.4 Å². The zero-order valence-electron chi connectivity index (χ0n) is 12.6. The fraction of sp³-hybridized carbons (Fsp3) is 0.667. The lowest BCUT2D eigenvalue weighted by Crippen LogP contribution is -2.52. The Morgan fingerprint density at radius 3 is 2.81 bits per heavy atom. The highest BCUT2D eigenvalue weighted by Crippen LogP contribution is 2.23. The maximum atomic E-state index is 11.9. The zero-order valence-corrected chi connectivity index (χ0v) is 12.6. The van der Waals surface area contributed by atoms with E-state index in [4.69, 9.17) is 0 Å². The summed E-state index contributed by atoms with van der Waals surface area (Å²) in [6.07, 6.45) is 4.35. The Balaban J connectivity index is 1.57. The zero-order chi connectivity index (χ0) is 14.7. The number of carbonyl (C=O) groups excluding carboxylic acids is 1. The van der Waals surface area contributed by atoms with Crippen molar-refractivity contribution in [2.24, 2.45) is 0 Å². The number of nitrogens with zero attached hydrogens (tertiary/aromatic N) is 4. The minimum absolute atomic E-state index is 0.0523. The Morgan fingerprint density at radius 2 is 2.05 bits per heavy atom. The smallest absolute Gasteiger partial charge is 0.317 e. The predicted octanol–water partition coefficient (Wildman–Crippen LogP) is 1.21. The van der Waals surface area contributed by atoms with E-state index in [0.29, 0.717) is 0 Å². The first-order valence-electron chi connectivity index (χ1n) is 7.91. The maximum absolute atomic E-state index is 11.9. The van der Waals surface area contributed by atoms with E-state index in [9.17, 15) is 4.79 Å². The number of nitrogens with one attached hydrogen (secondary N) is 1. The van der Waals surface area contributed by atoms with Crippen LogP contribution in [0.2, 0.25) is 0 Å². The molecule has 1 aliphatic heterocycles. The van der Waals surface area contributed by atoms with E-state index in [-0.39, 0.29) is 6.03 Å². The van der Waals surface area contributed by atoms with Gasteiger partial charge in [-0.2, -0.15) is 5.10 Å². The third-order valence-electron chi connectivity index (χ3n) is 4.22.